The van der Waals surface area contributed by atoms with Crippen molar-refractivity contribution in [3.63, 3.8) is 0 Å². The minimum absolute atomic E-state index is 0.00306. The highest BCUT2D eigenvalue weighted by Gasteiger charge is 2.30. The zero-order chi connectivity index (χ0) is 11.7. The van der Waals surface area contributed by atoms with Crippen molar-refractivity contribution in [1.29, 1.82) is 0 Å². The number of nitrogens with zero attached hydrogens (tertiary/aromatic N) is 2. The van der Waals surface area contributed by atoms with Crippen molar-refractivity contribution < 1.29 is 4.79 Å². The largest absolute Gasteiger partial charge is 0.373 e. The molecule has 1 aromatic rings. The SMILES string of the molecule is CNc1cc(C(=O)N(C)C2CC2)cc(Cl)n1. The summed E-state index contributed by atoms with van der Waals surface area (Å²) in [5, 5.41) is 3.21. The molecule has 1 fully saturated rings. The quantitative estimate of drug-likeness (QED) is 0.821. The van der Waals surface area contributed by atoms with Gasteiger partial charge in [0.25, 0.3) is 5.91 Å². The van der Waals surface area contributed by atoms with E-state index in [0.29, 0.717) is 22.6 Å². The molecule has 0 saturated heterocycles. The van der Waals surface area contributed by atoms with Crippen LogP contribution in [0.1, 0.15) is 23.2 Å². The van der Waals surface area contributed by atoms with Gasteiger partial charge in [-0.2, -0.15) is 0 Å². The first-order valence-electron chi connectivity index (χ1n) is 5.24. The van der Waals surface area contributed by atoms with Gasteiger partial charge in [-0.3, -0.25) is 4.79 Å². The molecule has 1 aliphatic carbocycles. The van der Waals surface area contributed by atoms with Gasteiger partial charge in [0, 0.05) is 25.7 Å². The van der Waals surface area contributed by atoms with Gasteiger partial charge in [-0.15, -0.1) is 0 Å². The maximum atomic E-state index is 12.1. The maximum absolute atomic E-state index is 12.1. The summed E-state index contributed by atoms with van der Waals surface area (Å²) in [6.07, 6.45) is 2.19. The second kappa shape index (κ2) is 4.29. The Morgan fingerprint density at radius 3 is 2.81 bits per heavy atom. The molecule has 86 valence electrons. The molecule has 5 heteroatoms. The first-order chi connectivity index (χ1) is 7.61. The molecule has 0 spiro atoms. The van der Waals surface area contributed by atoms with E-state index in [0.717, 1.165) is 12.8 Å². The Morgan fingerprint density at radius 2 is 2.25 bits per heavy atom. The highest BCUT2D eigenvalue weighted by atomic mass is 35.5. The number of hydrogen-bond donors (Lipinski definition) is 1. The lowest BCUT2D eigenvalue weighted by Gasteiger charge is -2.16. The summed E-state index contributed by atoms with van der Waals surface area (Å²) in [5.41, 5.74) is 0.582. The van der Waals surface area contributed by atoms with Gasteiger partial charge >= 0.3 is 0 Å². The van der Waals surface area contributed by atoms with E-state index in [1.807, 2.05) is 7.05 Å². The van der Waals surface area contributed by atoms with Gasteiger partial charge < -0.3 is 10.2 Å². The molecule has 0 atom stereocenters. The summed E-state index contributed by atoms with van der Waals surface area (Å²) in [4.78, 5) is 17.9. The van der Waals surface area contributed by atoms with Crippen LogP contribution in [0.25, 0.3) is 0 Å². The Morgan fingerprint density at radius 1 is 1.56 bits per heavy atom. The molecule has 1 aromatic heterocycles. The molecule has 16 heavy (non-hydrogen) atoms. The fraction of sp³-hybridized carbons (Fsp3) is 0.455. The van der Waals surface area contributed by atoms with E-state index >= 15 is 0 Å². The van der Waals surface area contributed by atoms with Crippen LogP contribution in [0.2, 0.25) is 5.15 Å². The summed E-state index contributed by atoms with van der Waals surface area (Å²) in [7, 11) is 3.57. The Balaban J connectivity index is 2.24. The summed E-state index contributed by atoms with van der Waals surface area (Å²) < 4.78 is 0. The third-order valence-electron chi connectivity index (χ3n) is 2.71. The number of hydrogen-bond acceptors (Lipinski definition) is 3. The highest BCUT2D eigenvalue weighted by Crippen LogP contribution is 2.27. The van der Waals surface area contributed by atoms with E-state index in [1.165, 1.54) is 0 Å². The van der Waals surface area contributed by atoms with Gasteiger partial charge in [-0.05, 0) is 25.0 Å². The van der Waals surface area contributed by atoms with Crippen molar-refractivity contribution in [3.8, 4) is 0 Å². The van der Waals surface area contributed by atoms with Gasteiger partial charge in [0.15, 0.2) is 0 Å². The zero-order valence-corrected chi connectivity index (χ0v) is 10.1. The monoisotopic (exact) mass is 239 g/mol. The van der Waals surface area contributed by atoms with Crippen LogP contribution in [-0.2, 0) is 0 Å². The normalized spacial score (nSPS) is 14.7. The first-order valence-corrected chi connectivity index (χ1v) is 5.62. The molecule has 0 aromatic carbocycles. The van der Waals surface area contributed by atoms with Crippen molar-refractivity contribution in [2.75, 3.05) is 19.4 Å². The van der Waals surface area contributed by atoms with Crippen LogP contribution < -0.4 is 5.32 Å². The van der Waals surface area contributed by atoms with E-state index < -0.39 is 0 Å². The van der Waals surface area contributed by atoms with Crippen LogP contribution in [0.3, 0.4) is 0 Å². The van der Waals surface area contributed by atoms with Crippen molar-refractivity contribution in [2.45, 2.75) is 18.9 Å². The van der Waals surface area contributed by atoms with Crippen LogP contribution in [0.5, 0.6) is 0 Å². The number of rotatable bonds is 3. The third kappa shape index (κ3) is 2.27. The molecule has 0 aliphatic heterocycles. The molecule has 1 heterocycles. The van der Waals surface area contributed by atoms with Crippen LogP contribution in [-0.4, -0.2) is 35.9 Å². The summed E-state index contributed by atoms with van der Waals surface area (Å²) in [6, 6.07) is 3.72. The fourth-order valence-corrected chi connectivity index (χ4v) is 1.79. The van der Waals surface area contributed by atoms with Crippen molar-refractivity contribution >= 4 is 23.3 Å². The molecular weight excluding hydrogens is 226 g/mol. The molecule has 2 rings (SSSR count). The molecule has 0 bridgehead atoms. The Kier molecular flexibility index (Phi) is 3.01. The molecule has 1 aliphatic rings. The summed E-state index contributed by atoms with van der Waals surface area (Å²) in [6.45, 7) is 0. The number of anilines is 1. The average Bonchev–Trinajstić information content (AvgIpc) is 3.10. The second-order valence-corrected chi connectivity index (χ2v) is 4.35. The number of carbonyl (C=O) groups excluding carboxylic acids is 1. The molecule has 1 N–H and O–H groups in total. The topological polar surface area (TPSA) is 45.2 Å². The summed E-state index contributed by atoms with van der Waals surface area (Å²) >= 11 is 5.85. The Bertz CT molecular complexity index is 418. The van der Waals surface area contributed by atoms with Crippen LogP contribution in [0.15, 0.2) is 12.1 Å². The van der Waals surface area contributed by atoms with Gasteiger partial charge in [-0.25, -0.2) is 4.98 Å². The van der Waals surface area contributed by atoms with E-state index in [9.17, 15) is 4.79 Å². The Labute approximate surface area is 99.6 Å². The second-order valence-electron chi connectivity index (χ2n) is 3.96. The predicted molar refractivity (Wildman–Crippen MR) is 63.9 cm³/mol. The number of halogens is 1. The summed E-state index contributed by atoms with van der Waals surface area (Å²) in [5.74, 6) is 0.614. The van der Waals surface area contributed by atoms with Crippen molar-refractivity contribution in [3.05, 3.63) is 22.8 Å². The van der Waals surface area contributed by atoms with E-state index in [1.54, 1.807) is 24.1 Å². The fourth-order valence-electron chi connectivity index (χ4n) is 1.58. The van der Waals surface area contributed by atoms with Gasteiger partial charge in [-0.1, -0.05) is 11.6 Å². The van der Waals surface area contributed by atoms with Gasteiger partial charge in [0.1, 0.15) is 11.0 Å². The minimum Gasteiger partial charge on any atom is -0.373 e. The average molecular weight is 240 g/mol. The number of carbonyl (C=O) groups is 1. The van der Waals surface area contributed by atoms with Crippen LogP contribution in [0, 0.1) is 0 Å². The Hall–Kier alpha value is -1.29. The number of aromatic nitrogens is 1. The lowest BCUT2D eigenvalue weighted by molar-refractivity contribution is 0.0785. The maximum Gasteiger partial charge on any atom is 0.254 e. The molecule has 0 radical (unpaired) electrons. The zero-order valence-electron chi connectivity index (χ0n) is 9.33. The molecule has 4 nitrogen and oxygen atoms in total. The van der Waals surface area contributed by atoms with Gasteiger partial charge in [0.2, 0.25) is 0 Å². The van der Waals surface area contributed by atoms with Crippen molar-refractivity contribution in [2.24, 2.45) is 0 Å². The molecular formula is C11H14ClN3O. The van der Waals surface area contributed by atoms with E-state index in [-0.39, 0.29) is 5.91 Å². The number of pyridine rings is 1. The van der Waals surface area contributed by atoms with Crippen LogP contribution >= 0.6 is 11.6 Å². The van der Waals surface area contributed by atoms with E-state index in [2.05, 4.69) is 10.3 Å². The molecule has 0 unspecified atom stereocenters. The lowest BCUT2D eigenvalue weighted by atomic mass is 10.2. The van der Waals surface area contributed by atoms with E-state index in [4.69, 9.17) is 11.6 Å². The standard InChI is InChI=1S/C11H14ClN3O/c1-13-10-6-7(5-9(12)14-10)11(16)15(2)8-3-4-8/h5-6,8H,3-4H2,1-2H3,(H,13,14). The lowest BCUT2D eigenvalue weighted by Crippen LogP contribution is -2.28. The molecule has 1 amide bonds. The number of nitrogens with one attached hydrogen (secondary N) is 1. The predicted octanol–water partition coefficient (Wildman–Crippen LogP) is 2.01. The number of amides is 1. The smallest absolute Gasteiger partial charge is 0.254 e. The van der Waals surface area contributed by atoms with Gasteiger partial charge in [0.05, 0.1) is 0 Å². The van der Waals surface area contributed by atoms with Crippen LogP contribution in [0.4, 0.5) is 5.82 Å². The third-order valence-corrected chi connectivity index (χ3v) is 2.91. The highest BCUT2D eigenvalue weighted by molar-refractivity contribution is 6.29. The van der Waals surface area contributed by atoms with Crippen molar-refractivity contribution in [1.82, 2.24) is 9.88 Å². The molecule has 1 saturated carbocycles. The first kappa shape index (κ1) is 11.2. The minimum atomic E-state index is 0.00306.